The van der Waals surface area contributed by atoms with Gasteiger partial charge in [0.1, 0.15) is 11.9 Å². The minimum Gasteiger partial charge on any atom is -0.482 e. The molecule has 14 aromatic rings. The van der Waals surface area contributed by atoms with E-state index in [2.05, 4.69) is 274 Å². The Kier molecular flexibility index (Phi) is 12.1. The summed E-state index contributed by atoms with van der Waals surface area (Å²) in [5, 5.41) is 2.26. The molecule has 3 aromatic heterocycles. The van der Waals surface area contributed by atoms with E-state index in [1.807, 2.05) is 48.8 Å². The quantitative estimate of drug-likeness (QED) is 0.127. The van der Waals surface area contributed by atoms with Gasteiger partial charge in [0, 0.05) is 67.4 Å². The molecule has 1 aliphatic heterocycles. The van der Waals surface area contributed by atoms with E-state index in [-0.39, 0.29) is 12.1 Å². The fourth-order valence-electron chi connectivity index (χ4n) is 12.3. The van der Waals surface area contributed by atoms with Crippen LogP contribution in [0.2, 0.25) is 0 Å². The lowest BCUT2D eigenvalue weighted by molar-refractivity contribution is 0.218. The summed E-state index contributed by atoms with van der Waals surface area (Å²) < 4.78 is 8.76. The number of rotatable bonds is 11. The fourth-order valence-corrected chi connectivity index (χ4v) is 12.3. The number of benzene rings is 11. The predicted octanol–water partition coefficient (Wildman–Crippen LogP) is 19.0. The van der Waals surface area contributed by atoms with E-state index < -0.39 is 0 Å². The molecule has 2 unspecified atom stereocenters. The van der Waals surface area contributed by atoms with Gasteiger partial charge in [0.2, 0.25) is 0 Å². The van der Waals surface area contributed by atoms with Crippen LogP contribution in [-0.2, 0) is 0 Å². The van der Waals surface area contributed by atoms with Gasteiger partial charge in [-0.1, -0.05) is 140 Å². The number of ether oxygens (including phenoxy) is 1. The molecule has 0 saturated heterocycles. The maximum atomic E-state index is 6.38. The maximum Gasteiger partial charge on any atom is 0.144 e. The lowest BCUT2D eigenvalue weighted by Gasteiger charge is -2.42. The number of hydrogen-bond donors (Lipinski definition) is 0. The van der Waals surface area contributed by atoms with Crippen molar-refractivity contribution in [3.05, 3.63) is 304 Å². The van der Waals surface area contributed by atoms with Crippen molar-refractivity contribution in [3.63, 3.8) is 0 Å². The van der Waals surface area contributed by atoms with Crippen LogP contribution in [0.5, 0.6) is 5.75 Å². The van der Waals surface area contributed by atoms with Gasteiger partial charge in [0.05, 0.1) is 68.6 Å². The fraction of sp³-hybridized carbons (Fsp3) is 0.0263. The van der Waals surface area contributed by atoms with Crippen molar-refractivity contribution in [1.82, 2.24) is 24.5 Å². The van der Waals surface area contributed by atoms with Gasteiger partial charge in [-0.3, -0.25) is 9.97 Å². The van der Waals surface area contributed by atoms with Crippen LogP contribution in [0.1, 0.15) is 0 Å². The summed E-state index contributed by atoms with van der Waals surface area (Å²) in [6.07, 6.45) is 12.2. The van der Waals surface area contributed by atoms with Crippen molar-refractivity contribution in [1.29, 1.82) is 0 Å². The van der Waals surface area contributed by atoms with E-state index in [0.717, 1.165) is 134 Å². The maximum absolute atomic E-state index is 6.38. The van der Waals surface area contributed by atoms with Gasteiger partial charge >= 0.3 is 0 Å². The topological polar surface area (TPSA) is 75.4 Å². The zero-order valence-corrected chi connectivity index (χ0v) is 46.0. The highest BCUT2D eigenvalue weighted by molar-refractivity contribution is 6.12. The van der Waals surface area contributed by atoms with Gasteiger partial charge < -0.3 is 24.0 Å². The molecule has 11 aromatic carbocycles. The third-order valence-electron chi connectivity index (χ3n) is 16.3. The molecular formula is C76H52N8O. The van der Waals surface area contributed by atoms with E-state index in [4.69, 9.17) is 24.7 Å². The summed E-state index contributed by atoms with van der Waals surface area (Å²) in [6, 6.07) is 94.3. The van der Waals surface area contributed by atoms with Gasteiger partial charge in [0.15, 0.2) is 0 Å². The van der Waals surface area contributed by atoms with Crippen LogP contribution in [0.25, 0.3) is 83.2 Å². The number of aromatic nitrogens is 5. The van der Waals surface area contributed by atoms with Crippen LogP contribution in [0.3, 0.4) is 0 Å². The first-order valence-electron chi connectivity index (χ1n) is 28.7. The van der Waals surface area contributed by atoms with Gasteiger partial charge in [-0.05, 0) is 163 Å². The lowest BCUT2D eigenvalue weighted by Crippen LogP contribution is -2.46. The second kappa shape index (κ2) is 20.8. The Morgan fingerprint density at radius 3 is 1.44 bits per heavy atom. The Hall–Kier alpha value is -11.4. The van der Waals surface area contributed by atoms with E-state index in [9.17, 15) is 0 Å². The van der Waals surface area contributed by atoms with Gasteiger partial charge in [-0.25, -0.2) is 9.97 Å². The molecule has 0 spiro atoms. The lowest BCUT2D eigenvalue weighted by atomic mass is 9.99. The van der Waals surface area contributed by atoms with Crippen molar-refractivity contribution >= 4 is 89.4 Å². The molecule has 0 radical (unpaired) electrons. The van der Waals surface area contributed by atoms with Gasteiger partial charge in [-0.15, -0.1) is 0 Å². The number of anilines is 8. The predicted molar refractivity (Wildman–Crippen MR) is 348 cm³/mol. The number of para-hydroxylation sites is 7. The molecule has 2 aliphatic rings. The Morgan fingerprint density at radius 1 is 0.353 bits per heavy atom. The third kappa shape index (κ3) is 8.99. The van der Waals surface area contributed by atoms with Crippen LogP contribution in [-0.4, -0.2) is 36.6 Å². The summed E-state index contributed by atoms with van der Waals surface area (Å²) >= 11 is 0. The summed E-state index contributed by atoms with van der Waals surface area (Å²) in [6.45, 7) is 0. The molecule has 1 aliphatic carbocycles. The Bertz CT molecular complexity index is 4830. The standard InChI is InChI=1S/C76H52N8O/c1-4-16-55(17-5-1)81(56-18-6-2-7-19-56)61-41-44-71-63(47-61)64-48-62(42-45-72(64)83(71)59-37-30-52(31-38-59)69-49-77-65-22-10-11-23-66(65)79-69)82(57-20-8-3-9-21-57)58-35-28-51(29-36-58)54-34-43-67-68(46-54)78-50-70(80-67)53-32-39-60(40-33-53)84-73-24-12-14-26-75(73)85-76-27-15-13-25-74(76)84/h1-50,73,75H. The van der Waals surface area contributed by atoms with Crippen molar-refractivity contribution in [3.8, 4) is 45.1 Å². The Morgan fingerprint density at radius 2 is 0.824 bits per heavy atom. The molecule has 9 heteroatoms. The SMILES string of the molecule is C1=CC2Oc3ccccc3N(c3ccc(-c4cnc5cc(-c6ccc(N(c7ccccc7)c7ccc8c(c7)c7cc(N(c9ccccc9)c9ccccc9)ccc7n8-c7ccc(-c8cnc9ccccc9n8)cc7)cc6)ccc5n4)cc3)C2C=C1. The molecule has 0 saturated carbocycles. The Balaban J connectivity index is 0.742. The molecule has 4 heterocycles. The van der Waals surface area contributed by atoms with Crippen LogP contribution >= 0.6 is 0 Å². The van der Waals surface area contributed by atoms with Gasteiger partial charge in [0.25, 0.3) is 0 Å². The zero-order valence-electron chi connectivity index (χ0n) is 46.0. The minimum absolute atomic E-state index is 0.0546. The Labute approximate surface area is 491 Å². The smallest absolute Gasteiger partial charge is 0.144 e. The van der Waals surface area contributed by atoms with Gasteiger partial charge in [-0.2, -0.15) is 0 Å². The molecule has 0 N–H and O–H groups in total. The molecule has 16 rings (SSSR count). The largest absolute Gasteiger partial charge is 0.482 e. The summed E-state index contributed by atoms with van der Waals surface area (Å²) in [5.41, 5.74) is 21.0. The molecule has 2 atom stereocenters. The number of hydrogen-bond acceptors (Lipinski definition) is 8. The summed E-state index contributed by atoms with van der Waals surface area (Å²) in [7, 11) is 0. The number of nitrogens with zero attached hydrogens (tertiary/aromatic N) is 8. The number of fused-ring (bicyclic) bond motifs is 7. The third-order valence-corrected chi connectivity index (χ3v) is 16.3. The first-order chi connectivity index (χ1) is 42.1. The second-order valence-corrected chi connectivity index (χ2v) is 21.4. The summed E-state index contributed by atoms with van der Waals surface area (Å²) in [4.78, 5) is 26.8. The highest BCUT2D eigenvalue weighted by Gasteiger charge is 2.35. The molecular weight excluding hydrogens is 1040 g/mol. The molecule has 85 heavy (non-hydrogen) atoms. The molecule has 0 amide bonds. The van der Waals surface area contributed by atoms with Crippen LogP contribution in [0, 0.1) is 0 Å². The average Bonchev–Trinajstić information content (AvgIpc) is 3.24. The highest BCUT2D eigenvalue weighted by Crippen LogP contribution is 2.45. The van der Waals surface area contributed by atoms with Crippen molar-refractivity contribution in [2.45, 2.75) is 12.1 Å². The van der Waals surface area contributed by atoms with Crippen LogP contribution < -0.4 is 19.4 Å². The summed E-state index contributed by atoms with van der Waals surface area (Å²) in [5.74, 6) is 0.881. The average molecular weight is 1090 g/mol. The van der Waals surface area contributed by atoms with E-state index >= 15 is 0 Å². The van der Waals surface area contributed by atoms with Crippen molar-refractivity contribution in [2.24, 2.45) is 0 Å². The molecule has 9 nitrogen and oxygen atoms in total. The first kappa shape index (κ1) is 49.4. The minimum atomic E-state index is -0.0646. The molecule has 0 bridgehead atoms. The normalized spacial score (nSPS) is 14.3. The number of allylic oxidation sites excluding steroid dienone is 2. The van der Waals surface area contributed by atoms with Crippen LogP contribution in [0.15, 0.2) is 304 Å². The van der Waals surface area contributed by atoms with Crippen molar-refractivity contribution in [2.75, 3.05) is 14.7 Å². The van der Waals surface area contributed by atoms with E-state index in [1.165, 1.54) is 0 Å². The monoisotopic (exact) mass is 1090 g/mol. The molecule has 402 valence electrons. The molecule has 0 fully saturated rings. The zero-order chi connectivity index (χ0) is 56.2. The van der Waals surface area contributed by atoms with E-state index in [0.29, 0.717) is 0 Å². The highest BCUT2D eigenvalue weighted by atomic mass is 16.5. The second-order valence-electron chi connectivity index (χ2n) is 21.4. The van der Waals surface area contributed by atoms with Crippen LogP contribution in [0.4, 0.5) is 45.5 Å². The first-order valence-corrected chi connectivity index (χ1v) is 28.7. The van der Waals surface area contributed by atoms with E-state index in [1.54, 1.807) is 0 Å². The van der Waals surface area contributed by atoms with Crippen molar-refractivity contribution < 1.29 is 4.74 Å².